The highest BCUT2D eigenvalue weighted by molar-refractivity contribution is 7.80. The summed E-state index contributed by atoms with van der Waals surface area (Å²) in [6.07, 6.45) is 6.38. The van der Waals surface area contributed by atoms with Crippen molar-refractivity contribution in [2.24, 2.45) is 0 Å². The van der Waals surface area contributed by atoms with Crippen molar-refractivity contribution in [3.63, 3.8) is 0 Å². The number of benzene rings is 2. The van der Waals surface area contributed by atoms with E-state index in [0.29, 0.717) is 42.4 Å². The van der Waals surface area contributed by atoms with Crippen LogP contribution < -0.4 is 20.3 Å². The first-order valence-corrected chi connectivity index (χ1v) is 13.8. The molecule has 5 rings (SSSR count). The van der Waals surface area contributed by atoms with Crippen LogP contribution in [0.2, 0.25) is 0 Å². The molecule has 2 aromatic carbocycles. The molecule has 2 saturated heterocycles. The second-order valence-corrected chi connectivity index (χ2v) is 10.3. The van der Waals surface area contributed by atoms with E-state index in [2.05, 4.69) is 20.5 Å². The van der Waals surface area contributed by atoms with E-state index in [-0.39, 0.29) is 11.2 Å². The van der Waals surface area contributed by atoms with Crippen molar-refractivity contribution >= 4 is 29.1 Å². The molecule has 0 saturated carbocycles. The van der Waals surface area contributed by atoms with Crippen LogP contribution in [0.25, 0.3) is 0 Å². The summed E-state index contributed by atoms with van der Waals surface area (Å²) in [5.74, 6) is 2.14. The van der Waals surface area contributed by atoms with Gasteiger partial charge in [-0.2, -0.15) is 9.97 Å². The zero-order valence-electron chi connectivity index (χ0n) is 21.5. The third-order valence-electron chi connectivity index (χ3n) is 7.30. The van der Waals surface area contributed by atoms with Crippen LogP contribution >= 0.6 is 12.2 Å². The van der Waals surface area contributed by atoms with Crippen LogP contribution in [-0.2, 0) is 10.2 Å². The third kappa shape index (κ3) is 6.76. The smallest absolute Gasteiger partial charge is 0.234 e. The summed E-state index contributed by atoms with van der Waals surface area (Å²) in [6.45, 7) is 3.80. The summed E-state index contributed by atoms with van der Waals surface area (Å²) >= 11 is 5.67. The van der Waals surface area contributed by atoms with E-state index in [1.807, 2.05) is 48.5 Å². The van der Waals surface area contributed by atoms with Gasteiger partial charge in [0.15, 0.2) is 5.11 Å². The fourth-order valence-corrected chi connectivity index (χ4v) is 5.28. The lowest BCUT2D eigenvalue weighted by Crippen LogP contribution is -2.45. The maximum Gasteiger partial charge on any atom is 0.234 e. The third-order valence-corrected chi connectivity index (χ3v) is 7.55. The van der Waals surface area contributed by atoms with Crippen molar-refractivity contribution in [1.29, 1.82) is 0 Å². The Morgan fingerprint density at radius 1 is 0.974 bits per heavy atom. The van der Waals surface area contributed by atoms with Crippen LogP contribution in [0.4, 0.5) is 16.2 Å². The number of rotatable bonds is 7. The molecule has 0 unspecified atom stereocenters. The lowest BCUT2D eigenvalue weighted by Gasteiger charge is -2.38. The first-order chi connectivity index (χ1) is 18.6. The molecular weight excluding hydrogens is 501 g/mol. The summed E-state index contributed by atoms with van der Waals surface area (Å²) < 4.78 is 25.3. The Labute approximate surface area is 228 Å². The monoisotopic (exact) mass is 535 g/mol. The van der Waals surface area contributed by atoms with Gasteiger partial charge in [0.2, 0.25) is 11.8 Å². The molecule has 1 aromatic heterocycles. The van der Waals surface area contributed by atoms with Gasteiger partial charge in [-0.25, -0.2) is 4.39 Å². The molecule has 2 aliphatic rings. The van der Waals surface area contributed by atoms with E-state index in [9.17, 15) is 4.39 Å². The van der Waals surface area contributed by atoms with Gasteiger partial charge in [0.05, 0.1) is 0 Å². The summed E-state index contributed by atoms with van der Waals surface area (Å²) in [6, 6.07) is 18.2. The van der Waals surface area contributed by atoms with Gasteiger partial charge in [0.1, 0.15) is 17.4 Å². The molecular formula is C29H34FN5O2S. The standard InChI is InChI=1S/C29H34FN5O2S/c30-23-12-10-22(11-13-23)29(14-18-36-19-15-29)21-31-28(38)34-27-32-25(35-16-6-1-2-7-17-35)20-26(33-27)37-24-8-4-3-5-9-24/h3-5,8-13,20H,1-2,6-7,14-19,21H2,(H2,31,32,33,34,38). The number of para-hydroxylation sites is 1. The zero-order chi connectivity index (χ0) is 26.2. The molecule has 7 nitrogen and oxygen atoms in total. The van der Waals surface area contributed by atoms with Crippen LogP contribution in [0.5, 0.6) is 11.6 Å². The van der Waals surface area contributed by atoms with Crippen molar-refractivity contribution in [3.05, 3.63) is 72.0 Å². The Bertz CT molecular complexity index is 1200. The molecule has 200 valence electrons. The molecule has 0 aliphatic carbocycles. The van der Waals surface area contributed by atoms with Gasteiger partial charge >= 0.3 is 0 Å². The van der Waals surface area contributed by atoms with Crippen molar-refractivity contribution in [1.82, 2.24) is 15.3 Å². The van der Waals surface area contributed by atoms with Gasteiger partial charge in [-0.15, -0.1) is 0 Å². The Morgan fingerprint density at radius 2 is 1.68 bits per heavy atom. The number of aromatic nitrogens is 2. The number of ether oxygens (including phenoxy) is 2. The lowest BCUT2D eigenvalue weighted by atomic mass is 9.74. The maximum absolute atomic E-state index is 13.6. The van der Waals surface area contributed by atoms with Crippen LogP contribution in [-0.4, -0.2) is 47.9 Å². The number of hydrogen-bond acceptors (Lipinski definition) is 6. The molecule has 2 N–H and O–H groups in total. The molecule has 2 aliphatic heterocycles. The molecule has 0 spiro atoms. The van der Waals surface area contributed by atoms with E-state index in [0.717, 1.165) is 50.2 Å². The summed E-state index contributed by atoms with van der Waals surface area (Å²) in [5, 5.41) is 6.98. The molecule has 0 amide bonds. The second kappa shape index (κ2) is 12.5. The van der Waals surface area contributed by atoms with E-state index >= 15 is 0 Å². The molecule has 3 heterocycles. The van der Waals surface area contributed by atoms with Crippen molar-refractivity contribution in [3.8, 4) is 11.6 Å². The van der Waals surface area contributed by atoms with Crippen LogP contribution in [0.1, 0.15) is 44.1 Å². The van der Waals surface area contributed by atoms with Crippen molar-refractivity contribution < 1.29 is 13.9 Å². The highest BCUT2D eigenvalue weighted by atomic mass is 32.1. The predicted octanol–water partition coefficient (Wildman–Crippen LogP) is 5.82. The van der Waals surface area contributed by atoms with Gasteiger partial charge < -0.3 is 25.0 Å². The molecule has 38 heavy (non-hydrogen) atoms. The van der Waals surface area contributed by atoms with Crippen molar-refractivity contribution in [2.75, 3.05) is 43.1 Å². The molecule has 0 radical (unpaired) electrons. The first-order valence-electron chi connectivity index (χ1n) is 13.4. The normalized spacial score (nSPS) is 17.3. The fourth-order valence-electron chi connectivity index (χ4n) is 5.12. The number of thiocarbonyl (C=S) groups is 1. The Hall–Kier alpha value is -3.30. The predicted molar refractivity (Wildman–Crippen MR) is 152 cm³/mol. The van der Waals surface area contributed by atoms with E-state index in [4.69, 9.17) is 26.7 Å². The van der Waals surface area contributed by atoms with Gasteiger partial charge in [0.25, 0.3) is 0 Å². The van der Waals surface area contributed by atoms with Gasteiger partial charge in [-0.3, -0.25) is 0 Å². The SMILES string of the molecule is Fc1ccc(C2(CNC(=S)Nc3nc(Oc4ccccc4)cc(N4CCCCCC4)n3)CCOCC2)cc1. The Morgan fingerprint density at radius 3 is 2.39 bits per heavy atom. The first kappa shape index (κ1) is 26.3. The number of halogens is 1. The Kier molecular flexibility index (Phi) is 8.65. The fraction of sp³-hybridized carbons (Fsp3) is 0.414. The minimum absolute atomic E-state index is 0.200. The quantitative estimate of drug-likeness (QED) is 0.367. The van der Waals surface area contributed by atoms with Crippen LogP contribution in [0.3, 0.4) is 0 Å². The van der Waals surface area contributed by atoms with Gasteiger partial charge in [0, 0.05) is 44.3 Å². The van der Waals surface area contributed by atoms with E-state index in [1.165, 1.54) is 25.0 Å². The number of nitrogens with one attached hydrogen (secondary N) is 2. The number of nitrogens with zero attached hydrogens (tertiary/aromatic N) is 3. The highest BCUT2D eigenvalue weighted by Gasteiger charge is 2.34. The summed E-state index contributed by atoms with van der Waals surface area (Å²) in [5.41, 5.74) is 0.879. The van der Waals surface area contributed by atoms with Crippen molar-refractivity contribution in [2.45, 2.75) is 43.9 Å². The highest BCUT2D eigenvalue weighted by Crippen LogP contribution is 2.34. The van der Waals surface area contributed by atoms with Gasteiger partial charge in [-0.05, 0) is 67.7 Å². The average molecular weight is 536 g/mol. The van der Waals surface area contributed by atoms with E-state index < -0.39 is 0 Å². The lowest BCUT2D eigenvalue weighted by molar-refractivity contribution is 0.0515. The molecule has 0 bridgehead atoms. The minimum atomic E-state index is -0.240. The zero-order valence-corrected chi connectivity index (χ0v) is 22.3. The van der Waals surface area contributed by atoms with E-state index in [1.54, 1.807) is 0 Å². The number of hydrogen-bond donors (Lipinski definition) is 2. The maximum atomic E-state index is 13.6. The molecule has 2 fully saturated rings. The second-order valence-electron chi connectivity index (χ2n) is 9.91. The van der Waals surface area contributed by atoms with Crippen LogP contribution in [0.15, 0.2) is 60.7 Å². The number of anilines is 2. The molecule has 0 atom stereocenters. The topological polar surface area (TPSA) is 71.5 Å². The minimum Gasteiger partial charge on any atom is -0.439 e. The van der Waals surface area contributed by atoms with Crippen LogP contribution in [0, 0.1) is 5.82 Å². The summed E-state index contributed by atoms with van der Waals surface area (Å²) in [7, 11) is 0. The van der Waals surface area contributed by atoms with Gasteiger partial charge in [-0.1, -0.05) is 43.2 Å². The molecule has 9 heteroatoms. The molecule has 3 aromatic rings. The largest absolute Gasteiger partial charge is 0.439 e. The Balaban J connectivity index is 1.32. The average Bonchev–Trinajstić information content (AvgIpc) is 3.23. The summed E-state index contributed by atoms with van der Waals surface area (Å²) in [4.78, 5) is 11.7.